The Morgan fingerprint density at radius 1 is 1.38 bits per heavy atom. The van der Waals surface area contributed by atoms with Crippen LogP contribution in [-0.2, 0) is 11.3 Å². The molecule has 1 saturated heterocycles. The third-order valence-electron chi connectivity index (χ3n) is 4.44. The fraction of sp³-hybridized carbons (Fsp3) is 0.647. The summed E-state index contributed by atoms with van der Waals surface area (Å²) in [5.74, 6) is 0.358. The maximum absolute atomic E-state index is 12.3. The van der Waals surface area contributed by atoms with E-state index in [4.69, 9.17) is 0 Å². The van der Waals surface area contributed by atoms with Gasteiger partial charge in [0.2, 0.25) is 5.91 Å². The second-order valence-electron chi connectivity index (χ2n) is 6.37. The number of hydrogen-bond acceptors (Lipinski definition) is 3. The molecule has 4 nitrogen and oxygen atoms in total. The summed E-state index contributed by atoms with van der Waals surface area (Å²) in [5.41, 5.74) is 3.31. The second-order valence-corrected chi connectivity index (χ2v) is 6.37. The molecule has 116 valence electrons. The molecule has 1 aromatic heterocycles. The Labute approximate surface area is 127 Å². The van der Waals surface area contributed by atoms with Crippen LogP contribution < -0.4 is 5.32 Å². The number of aromatic nitrogens is 1. The van der Waals surface area contributed by atoms with Gasteiger partial charge in [-0.1, -0.05) is 0 Å². The molecule has 0 aliphatic carbocycles. The van der Waals surface area contributed by atoms with Crippen LogP contribution in [-0.4, -0.2) is 34.9 Å². The number of piperidine rings is 1. The molecule has 2 heterocycles. The van der Waals surface area contributed by atoms with E-state index in [2.05, 4.69) is 42.0 Å². The Hall–Kier alpha value is -1.42. The SMILES string of the molecule is Cc1cc(C)c(CNC(=O)C2CCN(C(C)C)CC2)cn1. The molecule has 1 fully saturated rings. The van der Waals surface area contributed by atoms with E-state index in [0.717, 1.165) is 37.2 Å². The highest BCUT2D eigenvalue weighted by Gasteiger charge is 2.25. The molecule has 0 atom stereocenters. The van der Waals surface area contributed by atoms with Crippen molar-refractivity contribution >= 4 is 5.91 Å². The van der Waals surface area contributed by atoms with Crippen LogP contribution in [0.4, 0.5) is 0 Å². The highest BCUT2D eigenvalue weighted by atomic mass is 16.1. The summed E-state index contributed by atoms with van der Waals surface area (Å²) < 4.78 is 0. The summed E-state index contributed by atoms with van der Waals surface area (Å²) in [6.45, 7) is 11.1. The second kappa shape index (κ2) is 7.03. The predicted molar refractivity (Wildman–Crippen MR) is 85.0 cm³/mol. The van der Waals surface area contributed by atoms with Crippen molar-refractivity contribution in [2.75, 3.05) is 13.1 Å². The fourth-order valence-corrected chi connectivity index (χ4v) is 2.91. The predicted octanol–water partition coefficient (Wildman–Crippen LogP) is 2.44. The minimum atomic E-state index is 0.165. The van der Waals surface area contributed by atoms with E-state index in [-0.39, 0.29) is 11.8 Å². The van der Waals surface area contributed by atoms with E-state index in [9.17, 15) is 4.79 Å². The quantitative estimate of drug-likeness (QED) is 0.926. The van der Waals surface area contributed by atoms with Gasteiger partial charge in [0.05, 0.1) is 0 Å². The third kappa shape index (κ3) is 4.27. The van der Waals surface area contributed by atoms with Crippen LogP contribution in [0.1, 0.15) is 43.5 Å². The van der Waals surface area contributed by atoms with Crippen molar-refractivity contribution in [3.8, 4) is 0 Å². The van der Waals surface area contributed by atoms with Crippen molar-refractivity contribution in [1.82, 2.24) is 15.2 Å². The summed E-state index contributed by atoms with van der Waals surface area (Å²) in [4.78, 5) is 19.0. The number of aryl methyl sites for hydroxylation is 2. The van der Waals surface area contributed by atoms with Gasteiger partial charge in [-0.2, -0.15) is 0 Å². The first-order chi connectivity index (χ1) is 9.97. The standard InChI is InChI=1S/C17H27N3O/c1-12(2)20-7-5-15(6-8-20)17(21)19-11-16-10-18-14(4)9-13(16)3/h9-10,12,15H,5-8,11H2,1-4H3,(H,19,21). The van der Waals surface area contributed by atoms with E-state index in [0.29, 0.717) is 12.6 Å². The van der Waals surface area contributed by atoms with Crippen LogP contribution in [0.5, 0.6) is 0 Å². The first kappa shape index (κ1) is 16.0. The average Bonchev–Trinajstić information content (AvgIpc) is 2.46. The van der Waals surface area contributed by atoms with Crippen molar-refractivity contribution in [3.05, 3.63) is 29.1 Å². The molecule has 2 rings (SSSR count). The minimum Gasteiger partial charge on any atom is -0.352 e. The number of amides is 1. The molecule has 4 heteroatoms. The zero-order valence-corrected chi connectivity index (χ0v) is 13.6. The van der Waals surface area contributed by atoms with E-state index < -0.39 is 0 Å². The number of likely N-dealkylation sites (tertiary alicyclic amines) is 1. The van der Waals surface area contributed by atoms with Crippen molar-refractivity contribution < 1.29 is 4.79 Å². The van der Waals surface area contributed by atoms with E-state index in [1.165, 1.54) is 5.56 Å². The van der Waals surface area contributed by atoms with E-state index in [1.54, 1.807) is 0 Å². The molecule has 1 N–H and O–H groups in total. The lowest BCUT2D eigenvalue weighted by molar-refractivity contribution is -0.126. The summed E-state index contributed by atoms with van der Waals surface area (Å²) in [5, 5.41) is 3.08. The van der Waals surface area contributed by atoms with Gasteiger partial charge >= 0.3 is 0 Å². The van der Waals surface area contributed by atoms with Crippen LogP contribution in [0.15, 0.2) is 12.3 Å². The molecular weight excluding hydrogens is 262 g/mol. The Balaban J connectivity index is 1.82. The normalized spacial score (nSPS) is 17.2. The molecule has 0 spiro atoms. The maximum Gasteiger partial charge on any atom is 0.223 e. The van der Waals surface area contributed by atoms with E-state index >= 15 is 0 Å². The lowest BCUT2D eigenvalue weighted by Gasteiger charge is -2.33. The Bertz CT molecular complexity index is 491. The summed E-state index contributed by atoms with van der Waals surface area (Å²) in [6.07, 6.45) is 3.80. The first-order valence-electron chi connectivity index (χ1n) is 7.91. The smallest absolute Gasteiger partial charge is 0.223 e. The molecule has 0 bridgehead atoms. The monoisotopic (exact) mass is 289 g/mol. The number of hydrogen-bond donors (Lipinski definition) is 1. The van der Waals surface area contributed by atoms with Crippen LogP contribution in [0.25, 0.3) is 0 Å². The Kier molecular flexibility index (Phi) is 5.34. The van der Waals surface area contributed by atoms with Gasteiger partial charge in [0.1, 0.15) is 0 Å². The largest absolute Gasteiger partial charge is 0.352 e. The lowest BCUT2D eigenvalue weighted by atomic mass is 9.95. The Morgan fingerprint density at radius 3 is 2.62 bits per heavy atom. The van der Waals surface area contributed by atoms with E-state index in [1.807, 2.05) is 13.1 Å². The summed E-state index contributed by atoms with van der Waals surface area (Å²) in [7, 11) is 0. The molecular formula is C17H27N3O. The van der Waals surface area contributed by atoms with Crippen LogP contribution >= 0.6 is 0 Å². The number of pyridine rings is 1. The Morgan fingerprint density at radius 2 is 2.05 bits per heavy atom. The van der Waals surface area contributed by atoms with Crippen molar-refractivity contribution in [2.45, 2.75) is 53.1 Å². The van der Waals surface area contributed by atoms with Gasteiger partial charge in [-0.25, -0.2) is 0 Å². The molecule has 0 saturated carbocycles. The third-order valence-corrected chi connectivity index (χ3v) is 4.44. The average molecular weight is 289 g/mol. The van der Waals surface area contributed by atoms with Gasteiger partial charge in [-0.3, -0.25) is 9.78 Å². The van der Waals surface area contributed by atoms with Gasteiger partial charge in [-0.15, -0.1) is 0 Å². The zero-order chi connectivity index (χ0) is 15.4. The number of rotatable bonds is 4. The summed E-state index contributed by atoms with van der Waals surface area (Å²) >= 11 is 0. The van der Waals surface area contributed by atoms with Crippen LogP contribution in [0, 0.1) is 19.8 Å². The number of nitrogens with zero attached hydrogens (tertiary/aromatic N) is 2. The van der Waals surface area contributed by atoms with Crippen LogP contribution in [0.2, 0.25) is 0 Å². The molecule has 1 aliphatic heterocycles. The maximum atomic E-state index is 12.3. The number of carbonyl (C=O) groups is 1. The summed E-state index contributed by atoms with van der Waals surface area (Å²) in [6, 6.07) is 2.64. The highest BCUT2D eigenvalue weighted by Crippen LogP contribution is 2.19. The zero-order valence-electron chi connectivity index (χ0n) is 13.6. The molecule has 1 aromatic rings. The van der Waals surface area contributed by atoms with Crippen molar-refractivity contribution in [3.63, 3.8) is 0 Å². The lowest BCUT2D eigenvalue weighted by Crippen LogP contribution is -2.43. The van der Waals surface area contributed by atoms with Gasteiger partial charge in [0, 0.05) is 30.4 Å². The van der Waals surface area contributed by atoms with Gasteiger partial charge < -0.3 is 10.2 Å². The van der Waals surface area contributed by atoms with Gasteiger partial charge in [0.25, 0.3) is 0 Å². The minimum absolute atomic E-state index is 0.165. The van der Waals surface area contributed by atoms with Gasteiger partial charge in [-0.05, 0) is 70.8 Å². The number of nitrogens with one attached hydrogen (secondary N) is 1. The fourth-order valence-electron chi connectivity index (χ4n) is 2.91. The molecule has 0 aromatic carbocycles. The van der Waals surface area contributed by atoms with Gasteiger partial charge in [0.15, 0.2) is 0 Å². The molecule has 0 unspecified atom stereocenters. The molecule has 1 aliphatic rings. The van der Waals surface area contributed by atoms with Crippen molar-refractivity contribution in [2.24, 2.45) is 5.92 Å². The number of carbonyl (C=O) groups excluding carboxylic acids is 1. The molecule has 1 amide bonds. The van der Waals surface area contributed by atoms with Crippen molar-refractivity contribution in [1.29, 1.82) is 0 Å². The topological polar surface area (TPSA) is 45.2 Å². The van der Waals surface area contributed by atoms with Crippen LogP contribution in [0.3, 0.4) is 0 Å². The molecule has 0 radical (unpaired) electrons. The molecule has 21 heavy (non-hydrogen) atoms. The highest BCUT2D eigenvalue weighted by molar-refractivity contribution is 5.78. The first-order valence-corrected chi connectivity index (χ1v) is 7.91.